The van der Waals surface area contributed by atoms with Gasteiger partial charge in [0.1, 0.15) is 5.82 Å². The van der Waals surface area contributed by atoms with E-state index in [9.17, 15) is 4.79 Å². The molecule has 3 aliphatic heterocycles. The molecule has 2 saturated heterocycles. The lowest BCUT2D eigenvalue weighted by Gasteiger charge is -2.38. The summed E-state index contributed by atoms with van der Waals surface area (Å²) in [4.78, 5) is 27.4. The summed E-state index contributed by atoms with van der Waals surface area (Å²) < 4.78 is 5.55. The van der Waals surface area contributed by atoms with Gasteiger partial charge in [-0.3, -0.25) is 4.79 Å². The van der Waals surface area contributed by atoms with Crippen molar-refractivity contribution < 1.29 is 9.53 Å². The predicted octanol–water partition coefficient (Wildman–Crippen LogP) is 3.67. The Morgan fingerprint density at radius 1 is 1.10 bits per heavy atom. The molecule has 4 heterocycles. The van der Waals surface area contributed by atoms with Crippen LogP contribution in [0.2, 0.25) is 0 Å². The monoisotopic (exact) mass is 400 g/mol. The van der Waals surface area contributed by atoms with Crippen LogP contribution in [0, 0.1) is 18.8 Å². The Morgan fingerprint density at radius 3 is 2.66 bits per heavy atom. The van der Waals surface area contributed by atoms with Gasteiger partial charge in [-0.15, -0.1) is 0 Å². The quantitative estimate of drug-likeness (QED) is 0.772. The highest BCUT2D eigenvalue weighted by atomic mass is 16.5. The number of amides is 1. The lowest BCUT2D eigenvalue weighted by molar-refractivity contribution is -0.138. The van der Waals surface area contributed by atoms with Crippen molar-refractivity contribution in [3.05, 3.63) is 17.1 Å². The Morgan fingerprint density at radius 2 is 1.90 bits per heavy atom. The van der Waals surface area contributed by atoms with Crippen molar-refractivity contribution in [2.24, 2.45) is 11.8 Å². The molecule has 3 aliphatic rings. The highest BCUT2D eigenvalue weighted by Gasteiger charge is 2.33. The van der Waals surface area contributed by atoms with E-state index in [-0.39, 0.29) is 17.9 Å². The second kappa shape index (κ2) is 8.99. The molecule has 0 N–H and O–H groups in total. The molecule has 0 radical (unpaired) electrons. The summed E-state index contributed by atoms with van der Waals surface area (Å²) in [6.45, 7) is 10.8. The van der Waals surface area contributed by atoms with E-state index in [1.54, 1.807) is 0 Å². The van der Waals surface area contributed by atoms with Crippen molar-refractivity contribution in [1.29, 1.82) is 0 Å². The van der Waals surface area contributed by atoms with Gasteiger partial charge in [-0.05, 0) is 57.8 Å². The van der Waals surface area contributed by atoms with Crippen LogP contribution in [0.25, 0.3) is 0 Å². The van der Waals surface area contributed by atoms with Crippen LogP contribution in [0.5, 0.6) is 0 Å². The van der Waals surface area contributed by atoms with Gasteiger partial charge < -0.3 is 14.5 Å². The largest absolute Gasteiger partial charge is 0.381 e. The van der Waals surface area contributed by atoms with Crippen LogP contribution in [0.4, 0.5) is 5.82 Å². The number of hydrogen-bond donors (Lipinski definition) is 0. The van der Waals surface area contributed by atoms with E-state index >= 15 is 0 Å². The highest BCUT2D eigenvalue weighted by Crippen LogP contribution is 2.35. The number of carbonyl (C=O) groups excluding carboxylic acids is 1. The molecule has 1 amide bonds. The van der Waals surface area contributed by atoms with Crippen molar-refractivity contribution >= 4 is 11.7 Å². The summed E-state index contributed by atoms with van der Waals surface area (Å²) in [5, 5.41) is 0. The first kappa shape index (κ1) is 20.6. The van der Waals surface area contributed by atoms with E-state index in [0.29, 0.717) is 5.92 Å². The Labute approximate surface area is 175 Å². The number of aromatic nitrogens is 2. The average molecular weight is 401 g/mol. The van der Waals surface area contributed by atoms with Gasteiger partial charge in [-0.2, -0.15) is 0 Å². The topological polar surface area (TPSA) is 58.6 Å². The number of rotatable bonds is 4. The zero-order chi connectivity index (χ0) is 20.4. The summed E-state index contributed by atoms with van der Waals surface area (Å²) in [5.74, 6) is 2.91. The van der Waals surface area contributed by atoms with E-state index in [0.717, 1.165) is 88.7 Å². The van der Waals surface area contributed by atoms with E-state index in [4.69, 9.17) is 14.7 Å². The molecule has 6 nitrogen and oxygen atoms in total. The molecule has 0 aromatic carbocycles. The maximum absolute atomic E-state index is 12.8. The molecule has 0 aliphatic carbocycles. The van der Waals surface area contributed by atoms with Gasteiger partial charge in [-0.25, -0.2) is 9.97 Å². The van der Waals surface area contributed by atoms with Crippen LogP contribution in [-0.2, 0) is 16.0 Å². The minimum Gasteiger partial charge on any atom is -0.381 e. The number of carbonyl (C=O) groups is 1. The number of piperidine rings is 1. The molecule has 0 spiro atoms. The molecule has 0 saturated carbocycles. The van der Waals surface area contributed by atoms with E-state index in [1.807, 2.05) is 18.7 Å². The molecule has 160 valence electrons. The van der Waals surface area contributed by atoms with E-state index in [1.165, 1.54) is 12.0 Å². The first-order valence-corrected chi connectivity index (χ1v) is 11.5. The number of aryl methyl sites for hydroxylation is 1. The first-order valence-electron chi connectivity index (χ1n) is 11.5. The molecular formula is C23H36N4O2. The summed E-state index contributed by atoms with van der Waals surface area (Å²) in [7, 11) is 0. The van der Waals surface area contributed by atoms with Gasteiger partial charge in [0.15, 0.2) is 5.82 Å². The van der Waals surface area contributed by atoms with Gasteiger partial charge >= 0.3 is 0 Å². The molecule has 2 fully saturated rings. The fraction of sp³-hybridized carbons (Fsp3) is 0.783. The van der Waals surface area contributed by atoms with Crippen molar-refractivity contribution in [3.8, 4) is 0 Å². The maximum atomic E-state index is 12.8. The van der Waals surface area contributed by atoms with Gasteiger partial charge in [0.25, 0.3) is 0 Å². The normalized spacial score (nSPS) is 23.4. The molecule has 29 heavy (non-hydrogen) atoms. The molecule has 1 atom stereocenters. The molecule has 1 aromatic heterocycles. The molecule has 6 heteroatoms. The lowest BCUT2D eigenvalue weighted by atomic mass is 9.96. The molecule has 0 unspecified atom stereocenters. The van der Waals surface area contributed by atoms with E-state index in [2.05, 4.69) is 11.8 Å². The summed E-state index contributed by atoms with van der Waals surface area (Å²) in [6.07, 6.45) is 7.69. The van der Waals surface area contributed by atoms with Gasteiger partial charge in [0.05, 0.1) is 6.04 Å². The minimum absolute atomic E-state index is 0.0133. The number of nitrogens with zero attached hydrogens (tertiary/aromatic N) is 4. The van der Waals surface area contributed by atoms with Gasteiger partial charge in [0, 0.05) is 50.0 Å². The number of anilines is 1. The van der Waals surface area contributed by atoms with Crippen LogP contribution < -0.4 is 4.90 Å². The van der Waals surface area contributed by atoms with Gasteiger partial charge in [0.2, 0.25) is 5.91 Å². The number of fused-ring (bicyclic) bond motifs is 1. The van der Waals surface area contributed by atoms with Crippen LogP contribution in [-0.4, -0.2) is 53.6 Å². The fourth-order valence-corrected chi connectivity index (χ4v) is 5.07. The number of ether oxygens (including phenoxy) is 1. The number of hydrogen-bond acceptors (Lipinski definition) is 5. The van der Waals surface area contributed by atoms with E-state index < -0.39 is 0 Å². The zero-order valence-corrected chi connectivity index (χ0v) is 18.3. The smallest absolute Gasteiger partial charge is 0.225 e. The third-order valence-electron chi connectivity index (χ3n) is 6.76. The SMILES string of the molecule is Cc1nc([C@@H]2CCCCN2C(=O)C(C)C)nc2c1CCCN2CC1CCOCC1. The minimum atomic E-state index is 0.0133. The van der Waals surface area contributed by atoms with Crippen LogP contribution in [0.15, 0.2) is 0 Å². The summed E-state index contributed by atoms with van der Waals surface area (Å²) in [6, 6.07) is 0.0227. The fourth-order valence-electron chi connectivity index (χ4n) is 5.07. The number of likely N-dealkylation sites (tertiary alicyclic amines) is 1. The van der Waals surface area contributed by atoms with Crippen LogP contribution >= 0.6 is 0 Å². The maximum Gasteiger partial charge on any atom is 0.225 e. The third kappa shape index (κ3) is 4.42. The second-order valence-electron chi connectivity index (χ2n) is 9.27. The summed E-state index contributed by atoms with van der Waals surface area (Å²) in [5.41, 5.74) is 2.41. The predicted molar refractivity (Wildman–Crippen MR) is 114 cm³/mol. The lowest BCUT2D eigenvalue weighted by Crippen LogP contribution is -2.42. The van der Waals surface area contributed by atoms with Crippen molar-refractivity contribution in [2.45, 2.75) is 71.8 Å². The Kier molecular flexibility index (Phi) is 6.38. The second-order valence-corrected chi connectivity index (χ2v) is 9.27. The van der Waals surface area contributed by atoms with Crippen LogP contribution in [0.3, 0.4) is 0 Å². The zero-order valence-electron chi connectivity index (χ0n) is 18.3. The highest BCUT2D eigenvalue weighted by molar-refractivity contribution is 5.78. The van der Waals surface area contributed by atoms with Crippen molar-refractivity contribution in [2.75, 3.05) is 37.7 Å². The van der Waals surface area contributed by atoms with Crippen LogP contribution in [0.1, 0.15) is 75.5 Å². The molecule has 0 bridgehead atoms. The summed E-state index contributed by atoms with van der Waals surface area (Å²) >= 11 is 0. The third-order valence-corrected chi connectivity index (χ3v) is 6.76. The standard InChI is InChI=1S/C23H36N4O2/c1-16(2)23(28)27-12-5-4-8-20(27)21-24-17(3)19-7-6-11-26(22(19)25-21)15-18-9-13-29-14-10-18/h16,18,20H,4-15H2,1-3H3/t20-/m0/s1. The Balaban J connectivity index is 1.62. The Hall–Kier alpha value is -1.69. The van der Waals surface area contributed by atoms with Crippen molar-refractivity contribution in [3.63, 3.8) is 0 Å². The molecule has 4 rings (SSSR count). The van der Waals surface area contributed by atoms with Crippen molar-refractivity contribution in [1.82, 2.24) is 14.9 Å². The Bertz CT molecular complexity index is 730. The molecular weight excluding hydrogens is 364 g/mol. The first-order chi connectivity index (χ1) is 14.0. The average Bonchev–Trinajstić information content (AvgIpc) is 2.74. The van der Waals surface area contributed by atoms with Gasteiger partial charge in [-0.1, -0.05) is 13.8 Å². The molecule has 1 aromatic rings.